The molecule has 0 N–H and O–H groups in total. The van der Waals surface area contributed by atoms with Crippen molar-refractivity contribution >= 4 is 22.4 Å². The van der Waals surface area contributed by atoms with Crippen molar-refractivity contribution in [1.82, 2.24) is 9.80 Å². The summed E-state index contributed by atoms with van der Waals surface area (Å²) >= 11 is 0. The summed E-state index contributed by atoms with van der Waals surface area (Å²) in [6, 6.07) is 24.9. The molecule has 5 heteroatoms. The third-order valence-corrected chi connectivity index (χ3v) is 7.73. The zero-order chi connectivity index (χ0) is 26.0. The van der Waals surface area contributed by atoms with E-state index >= 15 is 0 Å². The molecule has 0 radical (unpaired) electrons. The molecule has 37 heavy (non-hydrogen) atoms. The molecule has 5 nitrogen and oxygen atoms in total. The van der Waals surface area contributed by atoms with Crippen LogP contribution in [0.15, 0.2) is 66.7 Å². The zero-order valence-corrected chi connectivity index (χ0v) is 22.9. The average Bonchev–Trinajstić information content (AvgIpc) is 3.38. The van der Waals surface area contributed by atoms with E-state index in [1.165, 1.54) is 41.1 Å². The summed E-state index contributed by atoms with van der Waals surface area (Å²) in [4.78, 5) is 19.0. The highest BCUT2D eigenvalue weighted by Gasteiger charge is 2.27. The number of anilines is 1. The van der Waals surface area contributed by atoms with Crippen LogP contribution in [-0.2, 0) is 22.5 Å². The number of likely N-dealkylation sites (tertiary alicyclic amines) is 1. The maximum absolute atomic E-state index is 11.5. The van der Waals surface area contributed by atoms with Crippen molar-refractivity contribution in [2.24, 2.45) is 0 Å². The van der Waals surface area contributed by atoms with Gasteiger partial charge in [-0.25, -0.2) is 0 Å². The van der Waals surface area contributed by atoms with Gasteiger partial charge in [0.1, 0.15) is 0 Å². The van der Waals surface area contributed by atoms with E-state index in [1.54, 1.807) is 0 Å². The normalized spacial score (nSPS) is 15.9. The molecule has 0 bridgehead atoms. The molecule has 0 amide bonds. The number of carbonyl (C=O) groups excluding carboxylic acids is 1. The van der Waals surface area contributed by atoms with Gasteiger partial charge < -0.3 is 9.64 Å². The predicted molar refractivity (Wildman–Crippen MR) is 154 cm³/mol. The molecular weight excluding hydrogens is 458 g/mol. The van der Waals surface area contributed by atoms with Crippen molar-refractivity contribution in [2.75, 3.05) is 52.3 Å². The summed E-state index contributed by atoms with van der Waals surface area (Å²) in [5.74, 6) is -0.0992. The Morgan fingerprint density at radius 2 is 1.73 bits per heavy atom. The molecule has 4 rings (SSSR count). The molecule has 1 unspecified atom stereocenters. The van der Waals surface area contributed by atoms with E-state index in [9.17, 15) is 4.79 Å². The van der Waals surface area contributed by atoms with Crippen molar-refractivity contribution < 1.29 is 9.53 Å². The Labute approximate surface area is 223 Å². The van der Waals surface area contributed by atoms with Crippen molar-refractivity contribution in [3.05, 3.63) is 77.9 Å². The first-order chi connectivity index (χ1) is 18.0. The zero-order valence-electron chi connectivity index (χ0n) is 22.9. The Morgan fingerprint density at radius 3 is 2.51 bits per heavy atom. The molecule has 3 aromatic rings. The minimum atomic E-state index is -0.0992. The molecule has 1 fully saturated rings. The van der Waals surface area contributed by atoms with Crippen molar-refractivity contribution in [3.63, 3.8) is 0 Å². The van der Waals surface area contributed by atoms with Gasteiger partial charge in [0.2, 0.25) is 0 Å². The van der Waals surface area contributed by atoms with Crippen LogP contribution >= 0.6 is 0 Å². The first kappa shape index (κ1) is 27.2. The van der Waals surface area contributed by atoms with Gasteiger partial charge in [-0.15, -0.1) is 0 Å². The van der Waals surface area contributed by atoms with E-state index < -0.39 is 0 Å². The van der Waals surface area contributed by atoms with Crippen LogP contribution < -0.4 is 4.90 Å². The van der Waals surface area contributed by atoms with Gasteiger partial charge >= 0.3 is 5.97 Å². The number of fused-ring (bicyclic) bond motifs is 1. The van der Waals surface area contributed by atoms with Gasteiger partial charge in [0.15, 0.2) is 0 Å². The van der Waals surface area contributed by atoms with Crippen LogP contribution in [0.1, 0.15) is 43.2 Å². The molecule has 1 heterocycles. The predicted octanol–water partition coefficient (Wildman–Crippen LogP) is 5.76. The number of rotatable bonds is 13. The number of nitrogens with zero attached hydrogens (tertiary/aromatic N) is 3. The lowest BCUT2D eigenvalue weighted by molar-refractivity contribution is -0.140. The van der Waals surface area contributed by atoms with Gasteiger partial charge in [-0.05, 0) is 66.3 Å². The summed E-state index contributed by atoms with van der Waals surface area (Å²) in [6.45, 7) is 5.43. The first-order valence-corrected chi connectivity index (χ1v) is 13.8. The molecule has 1 aliphatic heterocycles. The number of hydrogen-bond donors (Lipinski definition) is 0. The van der Waals surface area contributed by atoms with E-state index in [0.717, 1.165) is 58.4 Å². The van der Waals surface area contributed by atoms with Gasteiger partial charge in [0, 0.05) is 58.4 Å². The van der Waals surface area contributed by atoms with Gasteiger partial charge in [-0.2, -0.15) is 0 Å². The van der Waals surface area contributed by atoms with Crippen LogP contribution in [0.5, 0.6) is 0 Å². The summed E-state index contributed by atoms with van der Waals surface area (Å²) in [5, 5.41) is 2.69. The minimum absolute atomic E-state index is 0.0992. The number of unbranched alkanes of at least 4 members (excludes halogenated alkanes) is 2. The Morgan fingerprint density at radius 1 is 0.946 bits per heavy atom. The lowest BCUT2D eigenvalue weighted by Crippen LogP contribution is -2.39. The van der Waals surface area contributed by atoms with Crippen molar-refractivity contribution in [1.29, 1.82) is 0 Å². The number of ether oxygens (including phenoxy) is 1. The third kappa shape index (κ3) is 7.80. The second kappa shape index (κ2) is 13.6. The summed E-state index contributed by atoms with van der Waals surface area (Å²) in [7, 11) is 5.64. The number of carbonyl (C=O) groups is 1. The van der Waals surface area contributed by atoms with Crippen LogP contribution in [0.2, 0.25) is 0 Å². The molecule has 1 aliphatic rings. The van der Waals surface area contributed by atoms with Gasteiger partial charge in [-0.1, -0.05) is 61.0 Å². The number of methoxy groups -OCH3 is 1. The molecule has 0 aromatic heterocycles. The fourth-order valence-corrected chi connectivity index (χ4v) is 5.53. The second-order valence-electron chi connectivity index (χ2n) is 10.5. The van der Waals surface area contributed by atoms with Gasteiger partial charge in [0.05, 0.1) is 7.11 Å². The van der Waals surface area contributed by atoms with Crippen LogP contribution in [0, 0.1) is 0 Å². The van der Waals surface area contributed by atoms with E-state index in [4.69, 9.17) is 4.74 Å². The van der Waals surface area contributed by atoms with Crippen LogP contribution in [0.4, 0.5) is 5.69 Å². The molecular formula is C32H43N3O2. The van der Waals surface area contributed by atoms with Crippen molar-refractivity contribution in [3.8, 4) is 0 Å². The SMILES string of the molecule is COC(=O)CCCCCN(CCc1cccc2ccccc12)C1CCN(Cc2ccc(N(C)C)cc2)C1. The lowest BCUT2D eigenvalue weighted by atomic mass is 10.0. The van der Waals surface area contributed by atoms with E-state index in [2.05, 4.69) is 95.5 Å². The lowest BCUT2D eigenvalue weighted by Gasteiger charge is -2.29. The molecule has 198 valence electrons. The Hall–Kier alpha value is -2.89. The Bertz CT molecular complexity index is 1120. The molecule has 1 saturated heterocycles. The van der Waals surface area contributed by atoms with E-state index in [0.29, 0.717) is 12.5 Å². The fraction of sp³-hybridized carbons (Fsp3) is 0.469. The fourth-order valence-electron chi connectivity index (χ4n) is 5.53. The smallest absolute Gasteiger partial charge is 0.305 e. The number of benzene rings is 3. The van der Waals surface area contributed by atoms with E-state index in [1.807, 2.05) is 0 Å². The second-order valence-corrected chi connectivity index (χ2v) is 10.5. The molecule has 3 aromatic carbocycles. The summed E-state index contributed by atoms with van der Waals surface area (Å²) in [5.41, 5.74) is 4.07. The maximum atomic E-state index is 11.5. The summed E-state index contributed by atoms with van der Waals surface area (Å²) < 4.78 is 4.80. The highest BCUT2D eigenvalue weighted by molar-refractivity contribution is 5.85. The largest absolute Gasteiger partial charge is 0.469 e. The van der Waals surface area contributed by atoms with Gasteiger partial charge in [0.25, 0.3) is 0 Å². The standard InChI is InChI=1S/C32H43N3O2/c1-33(2)29-17-15-26(16-18-29)24-34-22-20-30(25-34)35(21-8-4-5-14-32(36)37-3)23-19-28-12-9-11-27-10-6-7-13-31(27)28/h6-7,9-13,15-18,30H,4-5,8,14,19-25H2,1-3H3. The number of hydrogen-bond acceptors (Lipinski definition) is 5. The van der Waals surface area contributed by atoms with Crippen LogP contribution in [0.3, 0.4) is 0 Å². The number of esters is 1. The van der Waals surface area contributed by atoms with Gasteiger partial charge in [-0.3, -0.25) is 14.6 Å². The molecule has 0 saturated carbocycles. The molecule has 0 aliphatic carbocycles. The van der Waals surface area contributed by atoms with E-state index in [-0.39, 0.29) is 5.97 Å². The average molecular weight is 502 g/mol. The first-order valence-electron chi connectivity index (χ1n) is 13.8. The quantitative estimate of drug-likeness (QED) is 0.220. The Kier molecular flexibility index (Phi) is 9.98. The van der Waals surface area contributed by atoms with Crippen molar-refractivity contribution in [2.45, 2.75) is 51.1 Å². The Balaban J connectivity index is 1.36. The molecule has 1 atom stereocenters. The highest BCUT2D eigenvalue weighted by Crippen LogP contribution is 2.23. The third-order valence-electron chi connectivity index (χ3n) is 7.73. The monoisotopic (exact) mass is 501 g/mol. The minimum Gasteiger partial charge on any atom is -0.469 e. The van der Waals surface area contributed by atoms with Crippen LogP contribution in [0.25, 0.3) is 10.8 Å². The topological polar surface area (TPSA) is 36.0 Å². The summed E-state index contributed by atoms with van der Waals surface area (Å²) in [6.07, 6.45) is 5.89. The highest BCUT2D eigenvalue weighted by atomic mass is 16.5. The molecule has 0 spiro atoms. The maximum Gasteiger partial charge on any atom is 0.305 e. The van der Waals surface area contributed by atoms with Crippen LogP contribution in [-0.4, -0.2) is 69.2 Å².